The normalized spacial score (nSPS) is 14.0. The summed E-state index contributed by atoms with van der Waals surface area (Å²) in [6, 6.07) is 0. The SMILES string of the molecule is CC(C)(O)[P+](=O)O. The third-order valence-electron chi connectivity index (χ3n) is 0.468. The van der Waals surface area contributed by atoms with E-state index in [0.717, 1.165) is 0 Å². The maximum Gasteiger partial charge on any atom is 0.540 e. The van der Waals surface area contributed by atoms with E-state index in [-0.39, 0.29) is 0 Å². The smallest absolute Gasteiger partial charge is 0.347 e. The fourth-order valence-electron chi connectivity index (χ4n) is 0. The van der Waals surface area contributed by atoms with Crippen LogP contribution in [0.1, 0.15) is 13.8 Å². The van der Waals surface area contributed by atoms with Crippen molar-refractivity contribution in [2.75, 3.05) is 0 Å². The van der Waals surface area contributed by atoms with Crippen molar-refractivity contribution >= 4 is 8.03 Å². The Kier molecular flexibility index (Phi) is 1.87. The highest BCUT2D eigenvalue weighted by Gasteiger charge is 2.35. The number of aliphatic hydroxyl groups is 1. The van der Waals surface area contributed by atoms with E-state index in [9.17, 15) is 4.57 Å². The Labute approximate surface area is 42.8 Å². The van der Waals surface area contributed by atoms with Gasteiger partial charge in [0.25, 0.3) is 5.34 Å². The second-order valence-corrected chi connectivity index (χ2v) is 3.41. The summed E-state index contributed by atoms with van der Waals surface area (Å²) >= 11 is 0. The molecular formula is C3H8O3P+. The first kappa shape index (κ1) is 7.02. The standard InChI is InChI=1S/C3H7O3P/c1-3(2,4)7(5)6/h4H,1-2H3/p+1. The summed E-state index contributed by atoms with van der Waals surface area (Å²) in [5.74, 6) is 0. The topological polar surface area (TPSA) is 57.5 Å². The minimum atomic E-state index is -2.44. The van der Waals surface area contributed by atoms with Gasteiger partial charge in [-0.1, -0.05) is 0 Å². The Bertz CT molecular complexity index is 82.7. The van der Waals surface area contributed by atoms with Crippen LogP contribution in [0.25, 0.3) is 0 Å². The zero-order chi connectivity index (χ0) is 6.08. The lowest BCUT2D eigenvalue weighted by atomic mass is 10.5. The molecule has 0 aromatic rings. The first-order valence-corrected chi connectivity index (χ1v) is 3.04. The van der Waals surface area contributed by atoms with Crippen LogP contribution in [-0.4, -0.2) is 15.3 Å². The van der Waals surface area contributed by atoms with Crippen LogP contribution in [0.3, 0.4) is 0 Å². The van der Waals surface area contributed by atoms with Gasteiger partial charge >= 0.3 is 8.03 Å². The Morgan fingerprint density at radius 1 is 1.57 bits per heavy atom. The van der Waals surface area contributed by atoms with E-state index < -0.39 is 13.4 Å². The molecule has 0 aliphatic heterocycles. The molecule has 0 rings (SSSR count). The molecule has 1 unspecified atom stereocenters. The van der Waals surface area contributed by atoms with Crippen molar-refractivity contribution < 1.29 is 14.6 Å². The van der Waals surface area contributed by atoms with Crippen LogP contribution in [0.5, 0.6) is 0 Å². The predicted octanol–water partition coefficient (Wildman–Crippen LogP) is 0.450. The molecule has 0 fully saturated rings. The van der Waals surface area contributed by atoms with E-state index in [4.69, 9.17) is 10.00 Å². The van der Waals surface area contributed by atoms with Gasteiger partial charge in [-0.25, -0.2) is 0 Å². The predicted molar refractivity (Wildman–Crippen MR) is 26.1 cm³/mol. The van der Waals surface area contributed by atoms with Crippen LogP contribution in [0.4, 0.5) is 0 Å². The van der Waals surface area contributed by atoms with Crippen molar-refractivity contribution in [2.24, 2.45) is 0 Å². The number of hydrogen-bond acceptors (Lipinski definition) is 2. The average molecular weight is 123 g/mol. The Balaban J connectivity index is 3.79. The van der Waals surface area contributed by atoms with Gasteiger partial charge in [0.1, 0.15) is 0 Å². The highest BCUT2D eigenvalue weighted by atomic mass is 31.1. The summed E-state index contributed by atoms with van der Waals surface area (Å²) in [5.41, 5.74) is 0. The molecule has 0 spiro atoms. The van der Waals surface area contributed by atoms with Crippen LogP contribution < -0.4 is 0 Å². The van der Waals surface area contributed by atoms with Crippen molar-refractivity contribution in [2.45, 2.75) is 19.2 Å². The van der Waals surface area contributed by atoms with E-state index in [1.807, 2.05) is 0 Å². The van der Waals surface area contributed by atoms with Crippen molar-refractivity contribution in [1.29, 1.82) is 0 Å². The third-order valence-corrected chi connectivity index (χ3v) is 1.40. The number of rotatable bonds is 1. The molecule has 0 aromatic heterocycles. The van der Waals surface area contributed by atoms with E-state index >= 15 is 0 Å². The Morgan fingerprint density at radius 2 is 1.71 bits per heavy atom. The fourth-order valence-corrected chi connectivity index (χ4v) is 0. The lowest BCUT2D eigenvalue weighted by molar-refractivity contribution is 0.155. The van der Waals surface area contributed by atoms with Crippen molar-refractivity contribution in [3.8, 4) is 0 Å². The zero-order valence-electron chi connectivity index (χ0n) is 4.25. The van der Waals surface area contributed by atoms with Gasteiger partial charge in [0.15, 0.2) is 0 Å². The van der Waals surface area contributed by atoms with Gasteiger partial charge in [-0.15, -0.1) is 0 Å². The second kappa shape index (κ2) is 1.86. The van der Waals surface area contributed by atoms with Gasteiger partial charge in [0.2, 0.25) is 0 Å². The molecule has 0 bridgehead atoms. The molecule has 0 amide bonds. The maximum absolute atomic E-state index is 9.92. The molecule has 0 saturated heterocycles. The largest absolute Gasteiger partial charge is 0.540 e. The molecule has 0 aliphatic rings. The van der Waals surface area contributed by atoms with Crippen LogP contribution in [0.2, 0.25) is 0 Å². The van der Waals surface area contributed by atoms with Gasteiger partial charge in [0, 0.05) is 13.8 Å². The van der Waals surface area contributed by atoms with E-state index in [1.54, 1.807) is 0 Å². The summed E-state index contributed by atoms with van der Waals surface area (Å²) < 4.78 is 9.92. The van der Waals surface area contributed by atoms with Gasteiger partial charge in [-0.3, -0.25) is 0 Å². The third kappa shape index (κ3) is 2.68. The molecule has 0 aliphatic carbocycles. The minimum absolute atomic E-state index is 1.28. The van der Waals surface area contributed by atoms with Gasteiger partial charge in [0.05, 0.1) is 0 Å². The van der Waals surface area contributed by atoms with Crippen molar-refractivity contribution in [1.82, 2.24) is 0 Å². The summed E-state index contributed by atoms with van der Waals surface area (Å²) in [6.07, 6.45) is 0. The number of hydrogen-bond donors (Lipinski definition) is 2. The Morgan fingerprint density at radius 3 is 1.71 bits per heavy atom. The molecule has 0 heterocycles. The van der Waals surface area contributed by atoms with E-state index in [2.05, 4.69) is 0 Å². The summed E-state index contributed by atoms with van der Waals surface area (Å²) in [4.78, 5) is 8.15. The van der Waals surface area contributed by atoms with Crippen LogP contribution in [0, 0.1) is 0 Å². The molecule has 4 heteroatoms. The Hall–Kier alpha value is 0.0200. The molecule has 0 saturated carbocycles. The molecule has 2 N–H and O–H groups in total. The summed E-state index contributed by atoms with van der Waals surface area (Å²) in [5, 5.41) is 7.13. The zero-order valence-corrected chi connectivity index (χ0v) is 5.14. The molecule has 3 nitrogen and oxygen atoms in total. The van der Waals surface area contributed by atoms with E-state index in [1.165, 1.54) is 13.8 Å². The van der Waals surface area contributed by atoms with Crippen molar-refractivity contribution in [3.05, 3.63) is 0 Å². The van der Waals surface area contributed by atoms with Gasteiger partial charge in [-0.2, -0.15) is 4.89 Å². The average Bonchev–Trinajstić information content (AvgIpc) is 1.31. The molecule has 42 valence electrons. The van der Waals surface area contributed by atoms with E-state index in [0.29, 0.717) is 0 Å². The second-order valence-electron chi connectivity index (χ2n) is 1.77. The maximum atomic E-state index is 9.92. The van der Waals surface area contributed by atoms with Crippen molar-refractivity contribution in [3.63, 3.8) is 0 Å². The highest BCUT2D eigenvalue weighted by molar-refractivity contribution is 7.39. The summed E-state index contributed by atoms with van der Waals surface area (Å²) in [7, 11) is -2.44. The van der Waals surface area contributed by atoms with Crippen LogP contribution in [0.15, 0.2) is 0 Å². The van der Waals surface area contributed by atoms with Crippen LogP contribution >= 0.6 is 8.03 Å². The monoisotopic (exact) mass is 123 g/mol. The minimum Gasteiger partial charge on any atom is -0.347 e. The first-order valence-electron chi connectivity index (χ1n) is 1.83. The lowest BCUT2D eigenvalue weighted by Gasteiger charge is -1.95. The van der Waals surface area contributed by atoms with Crippen LogP contribution in [-0.2, 0) is 4.57 Å². The lowest BCUT2D eigenvalue weighted by Crippen LogP contribution is -2.10. The van der Waals surface area contributed by atoms with Gasteiger partial charge in [-0.05, 0) is 4.57 Å². The summed E-state index contributed by atoms with van der Waals surface area (Å²) in [6.45, 7) is 2.57. The highest BCUT2D eigenvalue weighted by Crippen LogP contribution is 2.30. The molecule has 0 aromatic carbocycles. The van der Waals surface area contributed by atoms with Gasteiger partial charge < -0.3 is 5.11 Å². The fraction of sp³-hybridized carbons (Fsp3) is 1.00. The molecule has 0 radical (unpaired) electrons. The molecule has 1 atom stereocenters. The quantitative estimate of drug-likeness (QED) is 0.497. The molecular weight excluding hydrogens is 115 g/mol. The first-order chi connectivity index (χ1) is 2.94. The molecule has 7 heavy (non-hydrogen) atoms.